The predicted octanol–water partition coefficient (Wildman–Crippen LogP) is 7.66. The number of unbranched alkanes of at least 4 members (excludes halogenated alkanes) is 4. The third-order valence-electron chi connectivity index (χ3n) is 5.67. The predicted molar refractivity (Wildman–Crippen MR) is 123 cm³/mol. The Hall–Kier alpha value is -2.92. The molecular weight excluding hydrogens is 369 g/mol. The van der Waals surface area contributed by atoms with Crippen LogP contribution in [0.3, 0.4) is 0 Å². The van der Waals surface area contributed by atoms with Crippen LogP contribution in [0.4, 0.5) is 4.39 Å². The topological polar surface area (TPSA) is 23.8 Å². The molecule has 3 aromatic rings. The summed E-state index contributed by atoms with van der Waals surface area (Å²) >= 11 is 0. The van der Waals surface area contributed by atoms with E-state index in [1.54, 1.807) is 6.07 Å². The molecule has 0 aromatic heterocycles. The second-order valence-corrected chi connectivity index (χ2v) is 7.98. The maximum Gasteiger partial charge on any atom is 0.141 e. The second kappa shape index (κ2) is 11.3. The van der Waals surface area contributed by atoms with E-state index < -0.39 is 5.82 Å². The molecule has 0 aliphatic heterocycles. The normalized spacial score (nSPS) is 10.7. The van der Waals surface area contributed by atoms with E-state index in [-0.39, 0.29) is 5.56 Å². The molecule has 0 N–H and O–H groups in total. The van der Waals surface area contributed by atoms with Gasteiger partial charge in [-0.1, -0.05) is 87.2 Å². The molecule has 3 rings (SSSR count). The van der Waals surface area contributed by atoms with Gasteiger partial charge in [-0.05, 0) is 65.6 Å². The first-order valence-electron chi connectivity index (χ1n) is 11.1. The lowest BCUT2D eigenvalue weighted by Crippen LogP contribution is -1.94. The molecule has 1 nitrogen and oxygen atoms in total. The maximum atomic E-state index is 13.7. The van der Waals surface area contributed by atoms with Gasteiger partial charge in [0.1, 0.15) is 11.9 Å². The summed E-state index contributed by atoms with van der Waals surface area (Å²) in [7, 11) is 0. The van der Waals surface area contributed by atoms with Gasteiger partial charge in [0.05, 0.1) is 5.56 Å². The molecule has 154 valence electrons. The van der Waals surface area contributed by atoms with Crippen molar-refractivity contribution in [1.29, 1.82) is 5.26 Å². The molecule has 3 aromatic carbocycles. The van der Waals surface area contributed by atoms with E-state index >= 15 is 0 Å². The Labute approximate surface area is 180 Å². The van der Waals surface area contributed by atoms with Crippen molar-refractivity contribution >= 4 is 0 Å². The molecule has 30 heavy (non-hydrogen) atoms. The van der Waals surface area contributed by atoms with Crippen LogP contribution >= 0.6 is 0 Å². The molecule has 0 amide bonds. The smallest absolute Gasteiger partial charge is 0.141 e. The summed E-state index contributed by atoms with van der Waals surface area (Å²) in [6, 6.07) is 24.3. The van der Waals surface area contributed by atoms with Gasteiger partial charge in [0.25, 0.3) is 0 Å². The summed E-state index contributed by atoms with van der Waals surface area (Å²) in [5, 5.41) is 8.83. The summed E-state index contributed by atoms with van der Waals surface area (Å²) in [4.78, 5) is 0. The summed E-state index contributed by atoms with van der Waals surface area (Å²) in [5.41, 5.74) is 6.13. The van der Waals surface area contributed by atoms with E-state index in [1.165, 1.54) is 66.8 Å². The monoisotopic (exact) mass is 399 g/mol. The Morgan fingerprint density at radius 1 is 0.667 bits per heavy atom. The number of rotatable bonds is 10. The van der Waals surface area contributed by atoms with Crippen LogP contribution in [0.1, 0.15) is 61.3 Å². The Kier molecular flexibility index (Phi) is 8.21. The van der Waals surface area contributed by atoms with Crippen LogP contribution in [0.15, 0.2) is 66.7 Å². The van der Waals surface area contributed by atoms with Gasteiger partial charge >= 0.3 is 0 Å². The van der Waals surface area contributed by atoms with Crippen LogP contribution in [0.25, 0.3) is 11.1 Å². The van der Waals surface area contributed by atoms with Crippen LogP contribution in [0.5, 0.6) is 0 Å². The number of hydrogen-bond donors (Lipinski definition) is 0. The molecule has 0 saturated carbocycles. The Bertz CT molecular complexity index is 965. The molecule has 0 heterocycles. The molecule has 0 spiro atoms. The molecular formula is C28H30FN. The first-order valence-corrected chi connectivity index (χ1v) is 11.1. The van der Waals surface area contributed by atoms with Crippen molar-refractivity contribution in [3.05, 3.63) is 94.8 Å². The minimum absolute atomic E-state index is 0.102. The molecule has 0 aliphatic carbocycles. The lowest BCUT2D eigenvalue weighted by atomic mass is 9.98. The SMILES string of the molecule is CCCCCCCc1ccc(-c2ccc(CCc3ccc(C#N)c(F)c3)cc2)cc1. The molecule has 0 unspecified atom stereocenters. The van der Waals surface area contributed by atoms with Crippen molar-refractivity contribution in [3.63, 3.8) is 0 Å². The standard InChI is InChI=1S/C28H30FN/c1-2-3-4-5-6-7-22-10-15-25(16-11-22)26-17-12-23(13-18-26)8-9-24-14-19-27(21-30)28(29)20-24/h10-20H,2-9H2,1H3. The number of hydrogen-bond acceptors (Lipinski definition) is 1. The van der Waals surface area contributed by atoms with E-state index in [0.29, 0.717) is 0 Å². The Morgan fingerprint density at radius 3 is 1.77 bits per heavy atom. The summed E-state index contributed by atoms with van der Waals surface area (Å²) in [6.45, 7) is 2.25. The van der Waals surface area contributed by atoms with Crippen molar-refractivity contribution in [2.24, 2.45) is 0 Å². The summed E-state index contributed by atoms with van der Waals surface area (Å²) in [5.74, 6) is -0.435. The number of nitriles is 1. The van der Waals surface area contributed by atoms with E-state index in [0.717, 1.165) is 18.4 Å². The zero-order valence-electron chi connectivity index (χ0n) is 17.8. The highest BCUT2D eigenvalue weighted by Crippen LogP contribution is 2.22. The molecule has 0 fully saturated rings. The van der Waals surface area contributed by atoms with Gasteiger partial charge in [-0.2, -0.15) is 5.26 Å². The zero-order valence-corrected chi connectivity index (χ0v) is 17.8. The number of aryl methyl sites for hydroxylation is 3. The molecule has 0 saturated heterocycles. The summed E-state index contributed by atoms with van der Waals surface area (Å²) < 4.78 is 13.7. The fraction of sp³-hybridized carbons (Fsp3) is 0.321. The van der Waals surface area contributed by atoms with Crippen LogP contribution in [0, 0.1) is 17.1 Å². The first-order chi connectivity index (χ1) is 14.7. The van der Waals surface area contributed by atoms with Crippen LogP contribution in [-0.2, 0) is 19.3 Å². The third-order valence-corrected chi connectivity index (χ3v) is 5.67. The van der Waals surface area contributed by atoms with Gasteiger partial charge in [0.2, 0.25) is 0 Å². The zero-order chi connectivity index (χ0) is 21.2. The number of benzene rings is 3. The van der Waals surface area contributed by atoms with Crippen molar-refractivity contribution in [1.82, 2.24) is 0 Å². The first kappa shape index (κ1) is 21.8. The molecule has 0 atom stereocenters. The Balaban J connectivity index is 1.52. The van der Waals surface area contributed by atoms with Gasteiger partial charge in [0.15, 0.2) is 0 Å². The minimum atomic E-state index is -0.435. The average Bonchev–Trinajstić information content (AvgIpc) is 2.78. The highest BCUT2D eigenvalue weighted by atomic mass is 19.1. The molecule has 0 bridgehead atoms. The van der Waals surface area contributed by atoms with Crippen LogP contribution in [0.2, 0.25) is 0 Å². The highest BCUT2D eigenvalue weighted by molar-refractivity contribution is 5.64. The largest absolute Gasteiger partial charge is 0.206 e. The minimum Gasteiger partial charge on any atom is -0.206 e. The van der Waals surface area contributed by atoms with Crippen molar-refractivity contribution in [2.75, 3.05) is 0 Å². The van der Waals surface area contributed by atoms with Crippen LogP contribution < -0.4 is 0 Å². The average molecular weight is 400 g/mol. The summed E-state index contributed by atoms with van der Waals surface area (Å²) in [6.07, 6.45) is 9.36. The van der Waals surface area contributed by atoms with Crippen LogP contribution in [-0.4, -0.2) is 0 Å². The van der Waals surface area contributed by atoms with E-state index in [9.17, 15) is 4.39 Å². The van der Waals surface area contributed by atoms with Crippen molar-refractivity contribution in [2.45, 2.75) is 58.3 Å². The fourth-order valence-corrected chi connectivity index (χ4v) is 3.75. The van der Waals surface area contributed by atoms with Gasteiger partial charge in [-0.25, -0.2) is 4.39 Å². The van der Waals surface area contributed by atoms with Crippen molar-refractivity contribution < 1.29 is 4.39 Å². The lowest BCUT2D eigenvalue weighted by Gasteiger charge is -2.07. The second-order valence-electron chi connectivity index (χ2n) is 7.98. The lowest BCUT2D eigenvalue weighted by molar-refractivity contribution is 0.621. The fourth-order valence-electron chi connectivity index (χ4n) is 3.75. The maximum absolute atomic E-state index is 13.7. The van der Waals surface area contributed by atoms with Crippen molar-refractivity contribution in [3.8, 4) is 17.2 Å². The number of halogens is 1. The molecule has 0 radical (unpaired) electrons. The Morgan fingerprint density at radius 2 is 1.20 bits per heavy atom. The molecule has 0 aliphatic rings. The van der Waals surface area contributed by atoms with Gasteiger partial charge in [0, 0.05) is 0 Å². The molecule has 2 heteroatoms. The van der Waals surface area contributed by atoms with Gasteiger partial charge in [-0.15, -0.1) is 0 Å². The highest BCUT2D eigenvalue weighted by Gasteiger charge is 2.04. The quantitative estimate of drug-likeness (QED) is 0.321. The third kappa shape index (κ3) is 6.29. The van der Waals surface area contributed by atoms with Gasteiger partial charge < -0.3 is 0 Å². The van der Waals surface area contributed by atoms with Gasteiger partial charge in [-0.3, -0.25) is 0 Å². The van der Waals surface area contributed by atoms with E-state index in [1.807, 2.05) is 12.1 Å². The van der Waals surface area contributed by atoms with E-state index in [4.69, 9.17) is 5.26 Å². The number of nitrogens with zero attached hydrogens (tertiary/aromatic N) is 1. The van der Waals surface area contributed by atoms with E-state index in [2.05, 4.69) is 55.5 Å².